The summed E-state index contributed by atoms with van der Waals surface area (Å²) < 4.78 is 0. The minimum Gasteiger partial charge on any atom is -0.307 e. The second-order valence-corrected chi connectivity index (χ2v) is 11.2. The standard InChI is InChI=1S/C35H48N2O/c1-7-8-9-10-11-12-17-29-21-23-31(24-22-29)37(25-30-18-14-13-16-28(30)6)35(38)36-34-32(26(2)3)19-15-20-33(34)27(4)5/h13-16,18-24,26-27H,7-12,17,25H2,1-6H3,(H,36,38). The molecule has 0 spiro atoms. The Kier molecular flexibility index (Phi) is 11.5. The van der Waals surface area contributed by atoms with Gasteiger partial charge in [-0.2, -0.15) is 0 Å². The molecule has 38 heavy (non-hydrogen) atoms. The molecule has 0 atom stereocenters. The van der Waals surface area contributed by atoms with Gasteiger partial charge in [-0.05, 0) is 71.6 Å². The number of para-hydroxylation sites is 1. The molecule has 0 saturated carbocycles. The number of nitrogens with one attached hydrogen (secondary N) is 1. The first-order chi connectivity index (χ1) is 18.3. The van der Waals surface area contributed by atoms with Crippen LogP contribution in [-0.4, -0.2) is 6.03 Å². The zero-order valence-electron chi connectivity index (χ0n) is 24.5. The van der Waals surface area contributed by atoms with Crippen molar-refractivity contribution in [1.29, 1.82) is 0 Å². The largest absolute Gasteiger partial charge is 0.326 e. The maximum atomic E-state index is 14.0. The van der Waals surface area contributed by atoms with Crippen LogP contribution in [0.4, 0.5) is 16.2 Å². The van der Waals surface area contributed by atoms with E-state index in [9.17, 15) is 4.79 Å². The van der Waals surface area contributed by atoms with Crippen LogP contribution in [0.25, 0.3) is 0 Å². The molecule has 0 heterocycles. The molecule has 3 rings (SSSR count). The fourth-order valence-electron chi connectivity index (χ4n) is 5.06. The van der Waals surface area contributed by atoms with Crippen molar-refractivity contribution in [3.05, 3.63) is 94.5 Å². The van der Waals surface area contributed by atoms with Gasteiger partial charge in [0.05, 0.1) is 6.54 Å². The van der Waals surface area contributed by atoms with Crippen molar-refractivity contribution >= 4 is 17.4 Å². The monoisotopic (exact) mass is 512 g/mol. The van der Waals surface area contributed by atoms with Crippen molar-refractivity contribution in [2.45, 2.75) is 105 Å². The van der Waals surface area contributed by atoms with Crippen molar-refractivity contribution in [3.8, 4) is 0 Å². The topological polar surface area (TPSA) is 32.3 Å². The minimum atomic E-state index is -0.0908. The highest BCUT2D eigenvalue weighted by Gasteiger charge is 2.21. The summed E-state index contributed by atoms with van der Waals surface area (Å²) in [6, 6.07) is 23.2. The second kappa shape index (κ2) is 14.8. The summed E-state index contributed by atoms with van der Waals surface area (Å²) >= 11 is 0. The van der Waals surface area contributed by atoms with Gasteiger partial charge in [-0.15, -0.1) is 0 Å². The van der Waals surface area contributed by atoms with Gasteiger partial charge in [0.15, 0.2) is 0 Å². The number of urea groups is 1. The molecular weight excluding hydrogens is 464 g/mol. The van der Waals surface area contributed by atoms with E-state index >= 15 is 0 Å². The zero-order valence-corrected chi connectivity index (χ0v) is 24.5. The van der Waals surface area contributed by atoms with Gasteiger partial charge in [0.2, 0.25) is 0 Å². The van der Waals surface area contributed by atoms with Gasteiger partial charge in [-0.3, -0.25) is 4.90 Å². The van der Waals surface area contributed by atoms with Crippen molar-refractivity contribution in [3.63, 3.8) is 0 Å². The van der Waals surface area contributed by atoms with Crippen molar-refractivity contribution in [2.24, 2.45) is 0 Å². The summed E-state index contributed by atoms with van der Waals surface area (Å²) in [5.41, 5.74) is 7.91. The smallest absolute Gasteiger partial charge is 0.307 e. The Balaban J connectivity index is 1.85. The molecule has 3 nitrogen and oxygen atoms in total. The highest BCUT2D eigenvalue weighted by atomic mass is 16.2. The van der Waals surface area contributed by atoms with E-state index in [-0.39, 0.29) is 6.03 Å². The molecule has 0 fully saturated rings. The van der Waals surface area contributed by atoms with Crippen molar-refractivity contribution < 1.29 is 4.79 Å². The number of carbonyl (C=O) groups is 1. The number of anilines is 2. The molecular formula is C35H48N2O. The molecule has 0 aliphatic rings. The van der Waals surface area contributed by atoms with E-state index in [2.05, 4.69) is 101 Å². The Bertz CT molecular complexity index is 1120. The van der Waals surface area contributed by atoms with Gasteiger partial charge in [-0.1, -0.05) is 121 Å². The molecule has 0 aromatic heterocycles. The van der Waals surface area contributed by atoms with Crippen LogP contribution in [-0.2, 0) is 13.0 Å². The van der Waals surface area contributed by atoms with E-state index in [1.165, 1.54) is 60.8 Å². The van der Waals surface area contributed by atoms with Crippen LogP contribution in [0.15, 0.2) is 66.7 Å². The maximum Gasteiger partial charge on any atom is 0.326 e. The Labute approximate surface area is 231 Å². The molecule has 204 valence electrons. The summed E-state index contributed by atoms with van der Waals surface area (Å²) in [6.07, 6.45) is 8.90. The van der Waals surface area contributed by atoms with E-state index in [0.29, 0.717) is 18.4 Å². The normalized spacial score (nSPS) is 11.3. The third kappa shape index (κ3) is 8.21. The summed E-state index contributed by atoms with van der Waals surface area (Å²) in [5, 5.41) is 3.34. The SMILES string of the molecule is CCCCCCCCc1ccc(N(Cc2ccccc2C)C(=O)Nc2c(C(C)C)cccc2C(C)C)cc1. The lowest BCUT2D eigenvalue weighted by Crippen LogP contribution is -2.35. The van der Waals surface area contributed by atoms with Gasteiger partial charge in [0, 0.05) is 11.4 Å². The molecule has 3 aromatic carbocycles. The van der Waals surface area contributed by atoms with Crippen LogP contribution in [0.1, 0.15) is 113 Å². The molecule has 0 aliphatic carbocycles. The summed E-state index contributed by atoms with van der Waals surface area (Å²) in [6.45, 7) is 13.6. The second-order valence-electron chi connectivity index (χ2n) is 11.2. The number of amides is 2. The van der Waals surface area contributed by atoms with E-state index < -0.39 is 0 Å². The van der Waals surface area contributed by atoms with E-state index in [0.717, 1.165) is 23.4 Å². The molecule has 0 radical (unpaired) electrons. The summed E-state index contributed by atoms with van der Waals surface area (Å²) in [5.74, 6) is 0.630. The zero-order chi connectivity index (χ0) is 27.5. The first kappa shape index (κ1) is 29.5. The average molecular weight is 513 g/mol. The number of nitrogens with zero attached hydrogens (tertiary/aromatic N) is 1. The number of aryl methyl sites for hydroxylation is 2. The number of rotatable bonds is 13. The third-order valence-electron chi connectivity index (χ3n) is 7.51. The first-order valence-corrected chi connectivity index (χ1v) is 14.7. The highest BCUT2D eigenvalue weighted by molar-refractivity contribution is 6.02. The molecule has 3 aromatic rings. The lowest BCUT2D eigenvalue weighted by molar-refractivity contribution is 0.256. The quantitative estimate of drug-likeness (QED) is 0.227. The van der Waals surface area contributed by atoms with E-state index in [4.69, 9.17) is 0 Å². The van der Waals surface area contributed by atoms with Crippen LogP contribution in [0.5, 0.6) is 0 Å². The van der Waals surface area contributed by atoms with Crippen LogP contribution in [0.3, 0.4) is 0 Å². The molecule has 2 amide bonds. The molecule has 1 N–H and O–H groups in total. The number of hydrogen-bond acceptors (Lipinski definition) is 1. The van der Waals surface area contributed by atoms with Gasteiger partial charge in [-0.25, -0.2) is 4.79 Å². The number of unbranched alkanes of at least 4 members (excludes halogenated alkanes) is 5. The molecule has 0 unspecified atom stereocenters. The first-order valence-electron chi connectivity index (χ1n) is 14.7. The fraction of sp³-hybridized carbons (Fsp3) is 0.457. The minimum absolute atomic E-state index is 0.0908. The predicted octanol–water partition coefficient (Wildman–Crippen LogP) is 10.4. The van der Waals surface area contributed by atoms with Gasteiger partial charge in [0.25, 0.3) is 0 Å². The molecule has 0 bridgehead atoms. The maximum absolute atomic E-state index is 14.0. The predicted molar refractivity (Wildman–Crippen MR) is 165 cm³/mol. The van der Waals surface area contributed by atoms with Crippen LogP contribution >= 0.6 is 0 Å². The lowest BCUT2D eigenvalue weighted by Gasteiger charge is -2.27. The number of carbonyl (C=O) groups excluding carboxylic acids is 1. The third-order valence-corrected chi connectivity index (χ3v) is 7.51. The fourth-order valence-corrected chi connectivity index (χ4v) is 5.06. The van der Waals surface area contributed by atoms with Gasteiger partial charge >= 0.3 is 6.03 Å². The Hall–Kier alpha value is -3.07. The summed E-state index contributed by atoms with van der Waals surface area (Å²) in [4.78, 5) is 15.9. The summed E-state index contributed by atoms with van der Waals surface area (Å²) in [7, 11) is 0. The van der Waals surface area contributed by atoms with Crippen LogP contribution in [0, 0.1) is 6.92 Å². The molecule has 3 heteroatoms. The number of hydrogen-bond donors (Lipinski definition) is 1. The average Bonchev–Trinajstić information content (AvgIpc) is 2.90. The number of benzene rings is 3. The Morgan fingerprint density at radius 3 is 1.97 bits per heavy atom. The van der Waals surface area contributed by atoms with E-state index in [1.807, 2.05) is 17.0 Å². The van der Waals surface area contributed by atoms with Gasteiger partial charge in [0.1, 0.15) is 0 Å². The molecule has 0 aliphatic heterocycles. The van der Waals surface area contributed by atoms with Gasteiger partial charge < -0.3 is 5.32 Å². The Morgan fingerprint density at radius 2 is 1.37 bits per heavy atom. The molecule has 0 saturated heterocycles. The van der Waals surface area contributed by atoms with Crippen molar-refractivity contribution in [1.82, 2.24) is 0 Å². The van der Waals surface area contributed by atoms with E-state index in [1.54, 1.807) is 0 Å². The Morgan fingerprint density at radius 1 is 0.763 bits per heavy atom. The van der Waals surface area contributed by atoms with Crippen molar-refractivity contribution in [2.75, 3.05) is 10.2 Å². The van der Waals surface area contributed by atoms with Crippen LogP contribution < -0.4 is 10.2 Å². The highest BCUT2D eigenvalue weighted by Crippen LogP contribution is 2.33. The van der Waals surface area contributed by atoms with Crippen LogP contribution in [0.2, 0.25) is 0 Å². The lowest BCUT2D eigenvalue weighted by atomic mass is 9.92.